The number of carbonyl (C=O) groups excluding carboxylic acids is 1. The van der Waals surface area contributed by atoms with E-state index in [-0.39, 0.29) is 48.3 Å². The van der Waals surface area contributed by atoms with Crippen LogP contribution in [0.3, 0.4) is 0 Å². The van der Waals surface area contributed by atoms with Crippen molar-refractivity contribution in [1.82, 2.24) is 15.1 Å². The number of hydrogen-bond donors (Lipinski definition) is 1. The molecule has 0 saturated carbocycles. The van der Waals surface area contributed by atoms with Gasteiger partial charge in [-0.25, -0.2) is 13.8 Å². The van der Waals surface area contributed by atoms with Gasteiger partial charge in [0.2, 0.25) is 0 Å². The van der Waals surface area contributed by atoms with Crippen molar-refractivity contribution >= 4 is 35.8 Å². The van der Waals surface area contributed by atoms with Crippen LogP contribution in [0.4, 0.5) is 8.78 Å². The normalized spacial score (nSPS) is 19.4. The van der Waals surface area contributed by atoms with Crippen LogP contribution < -0.4 is 10.1 Å². The summed E-state index contributed by atoms with van der Waals surface area (Å²) in [6, 6.07) is 3.45. The van der Waals surface area contributed by atoms with E-state index < -0.39 is 11.6 Å². The van der Waals surface area contributed by atoms with Crippen LogP contribution in [0.1, 0.15) is 19.8 Å². The van der Waals surface area contributed by atoms with Crippen LogP contribution in [0.2, 0.25) is 0 Å². The van der Waals surface area contributed by atoms with Crippen LogP contribution in [0.25, 0.3) is 0 Å². The minimum atomic E-state index is -0.935. The number of carbonyl (C=O) groups is 1. The molecule has 7 nitrogen and oxygen atoms in total. The molecule has 1 unspecified atom stereocenters. The maximum atomic E-state index is 13.2. The average molecular weight is 538 g/mol. The first-order chi connectivity index (χ1) is 14.1. The monoisotopic (exact) mass is 538 g/mol. The molecular weight excluding hydrogens is 509 g/mol. The van der Waals surface area contributed by atoms with Crippen molar-refractivity contribution in [3.8, 4) is 5.75 Å². The third-order valence-electron chi connectivity index (χ3n) is 4.94. The van der Waals surface area contributed by atoms with Crippen molar-refractivity contribution in [3.63, 3.8) is 0 Å². The zero-order chi connectivity index (χ0) is 20.6. The van der Waals surface area contributed by atoms with Gasteiger partial charge in [0.1, 0.15) is 18.5 Å². The SMILES string of the molecule is CCNC(=NCCOc1ccc(F)c(F)c1)N1CCN(C(=O)C2CCCO2)CC1.I. The molecule has 3 rings (SSSR count). The Balaban J connectivity index is 0.00000320. The lowest BCUT2D eigenvalue weighted by molar-refractivity contribution is -0.142. The molecule has 0 radical (unpaired) electrons. The summed E-state index contributed by atoms with van der Waals surface area (Å²) in [6.07, 6.45) is 1.47. The third-order valence-corrected chi connectivity index (χ3v) is 4.94. The molecule has 2 saturated heterocycles. The molecule has 168 valence electrons. The molecule has 2 aliphatic rings. The van der Waals surface area contributed by atoms with E-state index >= 15 is 0 Å². The van der Waals surface area contributed by atoms with Crippen molar-refractivity contribution in [2.45, 2.75) is 25.9 Å². The predicted octanol–water partition coefficient (Wildman–Crippen LogP) is 2.25. The van der Waals surface area contributed by atoms with Gasteiger partial charge < -0.3 is 24.6 Å². The Kier molecular flexibility index (Phi) is 10.0. The summed E-state index contributed by atoms with van der Waals surface area (Å²) in [4.78, 5) is 21.0. The molecule has 1 amide bonds. The van der Waals surface area contributed by atoms with Crippen molar-refractivity contribution in [2.24, 2.45) is 4.99 Å². The first kappa shape index (κ1) is 24.6. The fourth-order valence-corrected chi connectivity index (χ4v) is 3.42. The highest BCUT2D eigenvalue weighted by Gasteiger charge is 2.30. The van der Waals surface area contributed by atoms with Crippen LogP contribution in [-0.2, 0) is 9.53 Å². The standard InChI is InChI=1S/C20H28F2N4O3.HI/c1-2-23-20(24-7-13-28-15-5-6-16(21)17(22)14-15)26-10-8-25(9-11-26)19(27)18-4-3-12-29-18;/h5-6,14,18H,2-4,7-13H2,1H3,(H,23,24);1H. The number of nitrogens with zero attached hydrogens (tertiary/aromatic N) is 3. The van der Waals surface area contributed by atoms with Gasteiger partial charge >= 0.3 is 0 Å². The number of ether oxygens (including phenoxy) is 2. The van der Waals surface area contributed by atoms with Crippen LogP contribution in [0.5, 0.6) is 5.75 Å². The highest BCUT2D eigenvalue weighted by Crippen LogP contribution is 2.17. The van der Waals surface area contributed by atoms with Gasteiger partial charge in [0.25, 0.3) is 5.91 Å². The van der Waals surface area contributed by atoms with Gasteiger partial charge in [0.15, 0.2) is 17.6 Å². The van der Waals surface area contributed by atoms with E-state index in [4.69, 9.17) is 9.47 Å². The van der Waals surface area contributed by atoms with Crippen LogP contribution in [0.15, 0.2) is 23.2 Å². The fraction of sp³-hybridized carbons (Fsp3) is 0.600. The van der Waals surface area contributed by atoms with Crippen molar-refractivity contribution < 1.29 is 23.0 Å². The number of nitrogens with one attached hydrogen (secondary N) is 1. The quantitative estimate of drug-likeness (QED) is 0.261. The third kappa shape index (κ3) is 6.66. The molecule has 0 spiro atoms. The number of hydrogen-bond acceptors (Lipinski definition) is 4. The Morgan fingerprint density at radius 2 is 1.97 bits per heavy atom. The molecule has 1 N–H and O–H groups in total. The Bertz CT molecular complexity index is 724. The summed E-state index contributed by atoms with van der Waals surface area (Å²) >= 11 is 0. The number of aliphatic imine (C=N–C) groups is 1. The topological polar surface area (TPSA) is 66.4 Å². The van der Waals surface area contributed by atoms with Crippen molar-refractivity contribution in [3.05, 3.63) is 29.8 Å². The Labute approximate surface area is 192 Å². The molecule has 0 aromatic heterocycles. The minimum Gasteiger partial charge on any atom is -0.492 e. The number of piperazine rings is 1. The van der Waals surface area contributed by atoms with Crippen molar-refractivity contribution in [2.75, 3.05) is 52.5 Å². The van der Waals surface area contributed by atoms with Gasteiger partial charge in [-0.3, -0.25) is 4.79 Å². The van der Waals surface area contributed by atoms with Gasteiger partial charge in [0.05, 0.1) is 6.54 Å². The number of benzene rings is 1. The second kappa shape index (κ2) is 12.2. The lowest BCUT2D eigenvalue weighted by Crippen LogP contribution is -2.55. The number of rotatable bonds is 6. The fourth-order valence-electron chi connectivity index (χ4n) is 3.42. The molecule has 0 bridgehead atoms. The summed E-state index contributed by atoms with van der Waals surface area (Å²) in [5.74, 6) is -0.725. The molecule has 30 heavy (non-hydrogen) atoms. The summed E-state index contributed by atoms with van der Waals surface area (Å²) in [5.41, 5.74) is 0. The summed E-state index contributed by atoms with van der Waals surface area (Å²) < 4.78 is 37.1. The lowest BCUT2D eigenvalue weighted by atomic mass is 10.2. The van der Waals surface area contributed by atoms with E-state index in [1.165, 1.54) is 6.07 Å². The Morgan fingerprint density at radius 3 is 2.60 bits per heavy atom. The van der Waals surface area contributed by atoms with Gasteiger partial charge in [0, 0.05) is 45.4 Å². The molecule has 10 heteroatoms. The lowest BCUT2D eigenvalue weighted by Gasteiger charge is -2.37. The summed E-state index contributed by atoms with van der Waals surface area (Å²) in [6.45, 7) is 6.64. The van der Waals surface area contributed by atoms with E-state index in [2.05, 4.69) is 15.2 Å². The molecule has 2 fully saturated rings. The Morgan fingerprint density at radius 1 is 1.23 bits per heavy atom. The molecule has 0 aliphatic carbocycles. The van der Waals surface area contributed by atoms with Crippen LogP contribution in [-0.4, -0.2) is 80.3 Å². The molecule has 1 aromatic rings. The van der Waals surface area contributed by atoms with Gasteiger partial charge in [-0.2, -0.15) is 0 Å². The average Bonchev–Trinajstić information content (AvgIpc) is 3.27. The van der Waals surface area contributed by atoms with Gasteiger partial charge in [-0.1, -0.05) is 0 Å². The molecule has 1 aromatic carbocycles. The second-order valence-electron chi connectivity index (χ2n) is 6.97. The maximum absolute atomic E-state index is 13.2. The van der Waals surface area contributed by atoms with Gasteiger partial charge in [-0.05, 0) is 31.9 Å². The number of halogens is 3. The second-order valence-corrected chi connectivity index (χ2v) is 6.97. The predicted molar refractivity (Wildman–Crippen MR) is 120 cm³/mol. The minimum absolute atomic E-state index is 0. The number of guanidine groups is 1. The van der Waals surface area contributed by atoms with Crippen LogP contribution in [0, 0.1) is 11.6 Å². The first-order valence-electron chi connectivity index (χ1n) is 10.1. The highest BCUT2D eigenvalue weighted by molar-refractivity contribution is 14.0. The van der Waals surface area contributed by atoms with E-state index in [1.54, 1.807) is 0 Å². The molecule has 2 aliphatic heterocycles. The Hall–Kier alpha value is -1.69. The molecular formula is C20H29F2IN4O3. The summed E-state index contributed by atoms with van der Waals surface area (Å²) in [7, 11) is 0. The zero-order valence-corrected chi connectivity index (χ0v) is 19.4. The van der Waals surface area contributed by atoms with Gasteiger partial charge in [-0.15, -0.1) is 24.0 Å². The van der Waals surface area contributed by atoms with E-state index in [0.29, 0.717) is 39.3 Å². The van der Waals surface area contributed by atoms with E-state index in [9.17, 15) is 13.6 Å². The smallest absolute Gasteiger partial charge is 0.251 e. The van der Waals surface area contributed by atoms with Crippen molar-refractivity contribution in [1.29, 1.82) is 0 Å². The van der Waals surface area contributed by atoms with Crippen LogP contribution >= 0.6 is 24.0 Å². The largest absolute Gasteiger partial charge is 0.492 e. The first-order valence-corrected chi connectivity index (χ1v) is 10.1. The zero-order valence-electron chi connectivity index (χ0n) is 17.1. The molecule has 1 atom stereocenters. The number of amides is 1. The van der Waals surface area contributed by atoms with E-state index in [0.717, 1.165) is 37.5 Å². The maximum Gasteiger partial charge on any atom is 0.251 e. The molecule has 2 heterocycles. The summed E-state index contributed by atoms with van der Waals surface area (Å²) in [5, 5.41) is 3.25. The van der Waals surface area contributed by atoms with E-state index in [1.807, 2.05) is 11.8 Å². The highest BCUT2D eigenvalue weighted by atomic mass is 127.